The van der Waals surface area contributed by atoms with Crippen molar-refractivity contribution in [2.24, 2.45) is 17.3 Å². The third kappa shape index (κ3) is 1.18. The van der Waals surface area contributed by atoms with Crippen molar-refractivity contribution in [2.45, 2.75) is 39.5 Å². The highest BCUT2D eigenvalue weighted by atomic mass is 16.5. The molecular weight excluding hydrogens is 164 g/mol. The van der Waals surface area contributed by atoms with Crippen LogP contribution in [0, 0.1) is 17.3 Å². The van der Waals surface area contributed by atoms with Gasteiger partial charge in [-0.3, -0.25) is 4.79 Å². The van der Waals surface area contributed by atoms with E-state index in [1.807, 2.05) is 6.92 Å². The number of carbonyl (C=O) groups is 1. The number of ether oxygens (including phenoxy) is 1. The summed E-state index contributed by atoms with van der Waals surface area (Å²) in [7, 11) is 0. The van der Waals surface area contributed by atoms with E-state index in [0.717, 1.165) is 0 Å². The Morgan fingerprint density at radius 3 is 2.38 bits per heavy atom. The second kappa shape index (κ2) is 3.00. The molecule has 0 spiro atoms. The van der Waals surface area contributed by atoms with Crippen LogP contribution < -0.4 is 0 Å². The zero-order chi connectivity index (χ0) is 9.47. The molecule has 2 aliphatic rings. The van der Waals surface area contributed by atoms with Gasteiger partial charge in [0.2, 0.25) is 0 Å². The van der Waals surface area contributed by atoms with E-state index >= 15 is 0 Å². The molecule has 2 saturated carbocycles. The first-order valence-corrected chi connectivity index (χ1v) is 5.38. The number of carbonyl (C=O) groups excluding carboxylic acids is 1. The van der Waals surface area contributed by atoms with Crippen molar-refractivity contribution in [2.75, 3.05) is 6.61 Å². The fourth-order valence-electron chi connectivity index (χ4n) is 3.02. The summed E-state index contributed by atoms with van der Waals surface area (Å²) in [5.74, 6) is 1.33. The van der Waals surface area contributed by atoms with E-state index in [0.29, 0.717) is 18.4 Å². The third-order valence-corrected chi connectivity index (χ3v) is 3.91. The Balaban J connectivity index is 2.02. The van der Waals surface area contributed by atoms with Crippen molar-refractivity contribution in [3.8, 4) is 0 Å². The molecule has 2 aliphatic carbocycles. The largest absolute Gasteiger partial charge is 0.466 e. The maximum absolute atomic E-state index is 11.7. The van der Waals surface area contributed by atoms with Gasteiger partial charge in [-0.1, -0.05) is 12.8 Å². The molecule has 0 aromatic carbocycles. The number of fused-ring (bicyclic) bond motifs is 1. The van der Waals surface area contributed by atoms with Crippen LogP contribution in [0.25, 0.3) is 0 Å². The van der Waals surface area contributed by atoms with Gasteiger partial charge >= 0.3 is 5.97 Å². The van der Waals surface area contributed by atoms with Crippen molar-refractivity contribution in [3.63, 3.8) is 0 Å². The van der Waals surface area contributed by atoms with Gasteiger partial charge in [-0.25, -0.2) is 0 Å². The van der Waals surface area contributed by atoms with Gasteiger partial charge in [-0.15, -0.1) is 0 Å². The number of rotatable bonds is 2. The molecule has 0 amide bonds. The molecule has 2 nitrogen and oxygen atoms in total. The van der Waals surface area contributed by atoms with Crippen LogP contribution in [-0.2, 0) is 9.53 Å². The lowest BCUT2D eigenvalue weighted by Gasteiger charge is -2.09. The molecule has 2 rings (SSSR count). The zero-order valence-electron chi connectivity index (χ0n) is 8.51. The molecule has 0 aliphatic heterocycles. The van der Waals surface area contributed by atoms with Gasteiger partial charge in [0.15, 0.2) is 0 Å². The Kier molecular flexibility index (Phi) is 2.09. The number of esters is 1. The highest BCUT2D eigenvalue weighted by Gasteiger charge is 2.66. The molecule has 13 heavy (non-hydrogen) atoms. The molecule has 0 heterocycles. The van der Waals surface area contributed by atoms with Gasteiger partial charge < -0.3 is 4.74 Å². The smallest absolute Gasteiger partial charge is 0.312 e. The van der Waals surface area contributed by atoms with Gasteiger partial charge in [0.1, 0.15) is 0 Å². The summed E-state index contributed by atoms with van der Waals surface area (Å²) in [6, 6.07) is 0. The second-order valence-corrected chi connectivity index (χ2v) is 4.50. The van der Waals surface area contributed by atoms with Gasteiger partial charge in [-0.2, -0.15) is 0 Å². The Morgan fingerprint density at radius 1 is 1.38 bits per heavy atom. The minimum atomic E-state index is -0.105. The molecule has 3 atom stereocenters. The summed E-state index contributed by atoms with van der Waals surface area (Å²) >= 11 is 0. The molecule has 0 bridgehead atoms. The molecule has 0 N–H and O–H groups in total. The summed E-state index contributed by atoms with van der Waals surface area (Å²) in [5.41, 5.74) is -0.105. The third-order valence-electron chi connectivity index (χ3n) is 3.91. The van der Waals surface area contributed by atoms with Crippen molar-refractivity contribution >= 4 is 5.97 Å². The summed E-state index contributed by atoms with van der Waals surface area (Å²) in [4.78, 5) is 11.7. The van der Waals surface area contributed by atoms with Crippen LogP contribution in [0.4, 0.5) is 0 Å². The minimum absolute atomic E-state index is 0.0481. The van der Waals surface area contributed by atoms with E-state index in [9.17, 15) is 4.79 Å². The van der Waals surface area contributed by atoms with E-state index in [1.165, 1.54) is 25.7 Å². The first-order chi connectivity index (χ1) is 6.21. The Morgan fingerprint density at radius 2 is 1.92 bits per heavy atom. The summed E-state index contributed by atoms with van der Waals surface area (Å²) in [6.45, 7) is 4.49. The molecular formula is C11H18O2. The van der Waals surface area contributed by atoms with Crippen LogP contribution in [0.2, 0.25) is 0 Å². The Labute approximate surface area is 79.7 Å². The van der Waals surface area contributed by atoms with Crippen LogP contribution in [0.1, 0.15) is 39.5 Å². The van der Waals surface area contributed by atoms with Crippen molar-refractivity contribution in [1.29, 1.82) is 0 Å². The predicted octanol–water partition coefficient (Wildman–Crippen LogP) is 2.38. The lowest BCUT2D eigenvalue weighted by atomic mass is 10.0. The van der Waals surface area contributed by atoms with E-state index < -0.39 is 0 Å². The van der Waals surface area contributed by atoms with E-state index in [4.69, 9.17) is 4.74 Å². The number of hydrogen-bond donors (Lipinski definition) is 0. The fourth-order valence-corrected chi connectivity index (χ4v) is 3.02. The first-order valence-electron chi connectivity index (χ1n) is 5.38. The fraction of sp³-hybridized carbons (Fsp3) is 0.909. The maximum Gasteiger partial charge on any atom is 0.312 e. The predicted molar refractivity (Wildman–Crippen MR) is 50.2 cm³/mol. The standard InChI is InChI=1S/C11H18O2/c1-3-13-10(12)11(2)8-6-4-5-7-9(8)11/h8-9H,3-7H2,1-2H3/t8-,9+,11?. The Bertz CT molecular complexity index is 210. The lowest BCUT2D eigenvalue weighted by molar-refractivity contribution is -0.150. The van der Waals surface area contributed by atoms with Gasteiger partial charge in [0.05, 0.1) is 12.0 Å². The van der Waals surface area contributed by atoms with Crippen LogP contribution in [-0.4, -0.2) is 12.6 Å². The van der Waals surface area contributed by atoms with Crippen LogP contribution in [0.3, 0.4) is 0 Å². The van der Waals surface area contributed by atoms with E-state index in [2.05, 4.69) is 6.92 Å². The monoisotopic (exact) mass is 182 g/mol. The molecule has 0 aromatic rings. The molecule has 2 fully saturated rings. The average molecular weight is 182 g/mol. The topological polar surface area (TPSA) is 26.3 Å². The molecule has 2 heteroatoms. The zero-order valence-corrected chi connectivity index (χ0v) is 8.51. The lowest BCUT2D eigenvalue weighted by Crippen LogP contribution is -2.19. The van der Waals surface area contributed by atoms with Crippen LogP contribution in [0.15, 0.2) is 0 Å². The van der Waals surface area contributed by atoms with Gasteiger partial charge in [-0.05, 0) is 38.5 Å². The Hall–Kier alpha value is -0.530. The highest BCUT2D eigenvalue weighted by molar-refractivity contribution is 5.81. The normalized spacial score (nSPS) is 42.3. The first kappa shape index (κ1) is 9.04. The van der Waals surface area contributed by atoms with Crippen molar-refractivity contribution < 1.29 is 9.53 Å². The van der Waals surface area contributed by atoms with E-state index in [1.54, 1.807) is 0 Å². The van der Waals surface area contributed by atoms with Gasteiger partial charge in [0.25, 0.3) is 0 Å². The van der Waals surface area contributed by atoms with Gasteiger partial charge in [0, 0.05) is 0 Å². The molecule has 0 radical (unpaired) electrons. The molecule has 0 aromatic heterocycles. The summed E-state index contributed by atoms with van der Waals surface area (Å²) in [6.07, 6.45) is 5.08. The second-order valence-electron chi connectivity index (χ2n) is 4.50. The molecule has 74 valence electrons. The quantitative estimate of drug-likeness (QED) is 0.613. The van der Waals surface area contributed by atoms with Crippen LogP contribution >= 0.6 is 0 Å². The average Bonchev–Trinajstić information content (AvgIpc) is 2.76. The van der Waals surface area contributed by atoms with Crippen molar-refractivity contribution in [3.05, 3.63) is 0 Å². The molecule has 1 unspecified atom stereocenters. The number of hydrogen-bond acceptors (Lipinski definition) is 2. The summed E-state index contributed by atoms with van der Waals surface area (Å²) in [5, 5.41) is 0. The van der Waals surface area contributed by atoms with Crippen molar-refractivity contribution in [1.82, 2.24) is 0 Å². The molecule has 0 saturated heterocycles. The highest BCUT2D eigenvalue weighted by Crippen LogP contribution is 2.65. The van der Waals surface area contributed by atoms with Crippen LogP contribution in [0.5, 0.6) is 0 Å². The maximum atomic E-state index is 11.7. The summed E-state index contributed by atoms with van der Waals surface area (Å²) < 4.78 is 5.12. The van der Waals surface area contributed by atoms with E-state index in [-0.39, 0.29) is 11.4 Å². The minimum Gasteiger partial charge on any atom is -0.466 e. The SMILES string of the molecule is CCOC(=O)C1(C)[C@@H]2CCCC[C@@H]21.